The maximum atomic E-state index is 6.11. The van der Waals surface area contributed by atoms with E-state index in [1.807, 2.05) is 19.4 Å². The second-order valence-corrected chi connectivity index (χ2v) is 5.73. The van der Waals surface area contributed by atoms with Crippen molar-refractivity contribution in [2.24, 2.45) is 5.92 Å². The Balaban J connectivity index is 1.74. The number of hydrogen-bond donors (Lipinski definition) is 2. The van der Waals surface area contributed by atoms with Gasteiger partial charge in [-0.1, -0.05) is 12.8 Å². The summed E-state index contributed by atoms with van der Waals surface area (Å²) in [5.41, 5.74) is 0.185. The number of nitrogens with zero attached hydrogens (tertiary/aromatic N) is 1. The van der Waals surface area contributed by atoms with Gasteiger partial charge in [0.1, 0.15) is 5.82 Å². The zero-order chi connectivity index (χ0) is 12.4. The molecule has 0 radical (unpaired) electrons. The van der Waals surface area contributed by atoms with Gasteiger partial charge in [-0.3, -0.25) is 0 Å². The van der Waals surface area contributed by atoms with Gasteiger partial charge in [-0.05, 0) is 38.6 Å². The third kappa shape index (κ3) is 2.19. The van der Waals surface area contributed by atoms with Gasteiger partial charge in [0.05, 0.1) is 11.6 Å². The zero-order valence-corrected chi connectivity index (χ0v) is 11.1. The van der Waals surface area contributed by atoms with Crippen molar-refractivity contribution in [1.29, 1.82) is 0 Å². The van der Waals surface area contributed by atoms with Crippen molar-refractivity contribution in [2.45, 2.75) is 50.2 Å². The summed E-state index contributed by atoms with van der Waals surface area (Å²) in [5.74, 6) is 1.70. The smallest absolute Gasteiger partial charge is 0.123 e. The first-order valence-electron chi connectivity index (χ1n) is 7.13. The number of aromatic amines is 1. The number of hydrogen-bond acceptors (Lipinski definition) is 3. The van der Waals surface area contributed by atoms with Crippen LogP contribution < -0.4 is 5.32 Å². The van der Waals surface area contributed by atoms with E-state index < -0.39 is 0 Å². The Bertz CT molecular complexity index is 370. The number of H-pyrrole nitrogens is 1. The average molecular weight is 249 g/mol. The molecular formula is C14H23N3O. The zero-order valence-electron chi connectivity index (χ0n) is 11.1. The molecule has 2 atom stereocenters. The summed E-state index contributed by atoms with van der Waals surface area (Å²) in [4.78, 5) is 7.67. The van der Waals surface area contributed by atoms with Crippen molar-refractivity contribution < 1.29 is 4.74 Å². The topological polar surface area (TPSA) is 49.9 Å². The van der Waals surface area contributed by atoms with Gasteiger partial charge in [0, 0.05) is 19.0 Å². The van der Waals surface area contributed by atoms with Crippen molar-refractivity contribution >= 4 is 0 Å². The van der Waals surface area contributed by atoms with Crippen LogP contribution in [0.2, 0.25) is 0 Å². The highest BCUT2D eigenvalue weighted by atomic mass is 16.5. The van der Waals surface area contributed by atoms with Gasteiger partial charge < -0.3 is 15.0 Å². The van der Waals surface area contributed by atoms with Crippen LogP contribution in [-0.2, 0) is 4.74 Å². The summed E-state index contributed by atoms with van der Waals surface area (Å²) in [6, 6.07) is 0.335. The summed E-state index contributed by atoms with van der Waals surface area (Å²) in [5, 5.41) is 3.43. The first-order chi connectivity index (χ1) is 8.83. The van der Waals surface area contributed by atoms with Crippen LogP contribution in [0.15, 0.2) is 12.4 Å². The van der Waals surface area contributed by atoms with Gasteiger partial charge >= 0.3 is 0 Å². The van der Waals surface area contributed by atoms with E-state index in [-0.39, 0.29) is 5.60 Å². The average Bonchev–Trinajstić information content (AvgIpc) is 3.03. The molecule has 2 unspecified atom stereocenters. The van der Waals surface area contributed by atoms with E-state index in [0.29, 0.717) is 12.0 Å². The number of aromatic nitrogens is 2. The molecule has 2 fully saturated rings. The molecule has 3 rings (SSSR count). The predicted molar refractivity (Wildman–Crippen MR) is 70.3 cm³/mol. The molecule has 2 aliphatic rings. The minimum Gasteiger partial charge on any atom is -0.375 e. The monoisotopic (exact) mass is 249 g/mol. The summed E-state index contributed by atoms with van der Waals surface area (Å²) >= 11 is 0. The quantitative estimate of drug-likeness (QED) is 0.865. The Labute approximate surface area is 109 Å². The fraction of sp³-hybridized carbons (Fsp3) is 0.786. The molecule has 4 heteroatoms. The minimum absolute atomic E-state index is 0.185. The summed E-state index contributed by atoms with van der Waals surface area (Å²) < 4.78 is 6.11. The molecule has 4 nitrogen and oxygen atoms in total. The van der Waals surface area contributed by atoms with Crippen molar-refractivity contribution in [2.75, 3.05) is 13.7 Å². The maximum absolute atomic E-state index is 6.11. The molecule has 18 heavy (non-hydrogen) atoms. The van der Waals surface area contributed by atoms with Gasteiger partial charge in [0.25, 0.3) is 0 Å². The van der Waals surface area contributed by atoms with Gasteiger partial charge in [0.15, 0.2) is 0 Å². The van der Waals surface area contributed by atoms with Crippen LogP contribution in [0.1, 0.15) is 50.4 Å². The number of nitrogens with one attached hydrogen (secondary N) is 2. The molecule has 0 amide bonds. The lowest BCUT2D eigenvalue weighted by molar-refractivity contribution is -0.0982. The Morgan fingerprint density at radius 1 is 1.50 bits per heavy atom. The van der Waals surface area contributed by atoms with Crippen molar-refractivity contribution in [3.63, 3.8) is 0 Å². The van der Waals surface area contributed by atoms with E-state index in [4.69, 9.17) is 4.74 Å². The third-order valence-corrected chi connectivity index (χ3v) is 4.64. The highest BCUT2D eigenvalue weighted by Crippen LogP contribution is 2.44. The molecular weight excluding hydrogens is 226 g/mol. The van der Waals surface area contributed by atoms with Gasteiger partial charge in [-0.15, -0.1) is 0 Å². The number of ether oxygens (including phenoxy) is 1. The van der Waals surface area contributed by atoms with E-state index >= 15 is 0 Å². The first kappa shape index (κ1) is 12.2. The second kappa shape index (κ2) is 5.02. The second-order valence-electron chi connectivity index (χ2n) is 5.73. The number of imidazole rings is 1. The molecule has 0 aromatic carbocycles. The van der Waals surface area contributed by atoms with E-state index in [1.165, 1.54) is 32.1 Å². The molecule has 2 heterocycles. The van der Waals surface area contributed by atoms with Crippen molar-refractivity contribution in [3.05, 3.63) is 18.2 Å². The maximum Gasteiger partial charge on any atom is 0.123 e. The predicted octanol–water partition coefficient (Wildman–Crippen LogP) is 2.41. The lowest BCUT2D eigenvalue weighted by atomic mass is 9.80. The van der Waals surface area contributed by atoms with Crippen molar-refractivity contribution in [3.8, 4) is 0 Å². The fourth-order valence-electron chi connectivity index (χ4n) is 3.76. The van der Waals surface area contributed by atoms with E-state index in [1.54, 1.807) is 0 Å². The molecule has 1 aromatic rings. The molecule has 100 valence electrons. The minimum atomic E-state index is 0.185. The van der Waals surface area contributed by atoms with E-state index in [2.05, 4.69) is 15.3 Å². The fourth-order valence-corrected chi connectivity index (χ4v) is 3.76. The lowest BCUT2D eigenvalue weighted by Crippen LogP contribution is -2.41. The molecule has 2 N–H and O–H groups in total. The molecule has 1 aliphatic heterocycles. The van der Waals surface area contributed by atoms with Crippen molar-refractivity contribution in [1.82, 2.24) is 15.3 Å². The molecule has 1 aromatic heterocycles. The summed E-state index contributed by atoms with van der Waals surface area (Å²) in [6.07, 6.45) is 11.2. The van der Waals surface area contributed by atoms with Crippen LogP contribution in [0.5, 0.6) is 0 Å². The normalized spacial score (nSPS) is 28.6. The Morgan fingerprint density at radius 2 is 2.33 bits per heavy atom. The van der Waals surface area contributed by atoms with E-state index in [9.17, 15) is 0 Å². The van der Waals surface area contributed by atoms with Crippen LogP contribution in [0.25, 0.3) is 0 Å². The third-order valence-electron chi connectivity index (χ3n) is 4.64. The molecule has 1 saturated carbocycles. The van der Waals surface area contributed by atoms with Crippen LogP contribution in [0, 0.1) is 5.92 Å². The van der Waals surface area contributed by atoms with Gasteiger partial charge in [-0.2, -0.15) is 0 Å². The SMILES string of the molecule is CNC(c1ncc[nH]1)C1CCOC2(CCCC2)C1. The van der Waals surface area contributed by atoms with Crippen LogP contribution >= 0.6 is 0 Å². The molecule has 0 bridgehead atoms. The highest BCUT2D eigenvalue weighted by Gasteiger charge is 2.42. The van der Waals surface area contributed by atoms with Gasteiger partial charge in [0.2, 0.25) is 0 Å². The Kier molecular flexibility index (Phi) is 3.39. The Morgan fingerprint density at radius 3 is 3.00 bits per heavy atom. The summed E-state index contributed by atoms with van der Waals surface area (Å²) in [7, 11) is 2.03. The molecule has 1 saturated heterocycles. The van der Waals surface area contributed by atoms with Crippen LogP contribution in [0.4, 0.5) is 0 Å². The van der Waals surface area contributed by atoms with Crippen LogP contribution in [-0.4, -0.2) is 29.2 Å². The van der Waals surface area contributed by atoms with Crippen LogP contribution in [0.3, 0.4) is 0 Å². The van der Waals surface area contributed by atoms with E-state index in [0.717, 1.165) is 18.9 Å². The Hall–Kier alpha value is -0.870. The lowest BCUT2D eigenvalue weighted by Gasteiger charge is -2.40. The largest absolute Gasteiger partial charge is 0.375 e. The molecule has 1 spiro atoms. The standard InChI is InChI=1S/C14H23N3O/c1-15-12(13-16-7-8-17-13)11-4-9-18-14(10-11)5-2-3-6-14/h7-8,11-12,15H,2-6,9-10H2,1H3,(H,16,17). The number of rotatable bonds is 3. The first-order valence-corrected chi connectivity index (χ1v) is 7.13. The summed E-state index contributed by atoms with van der Waals surface area (Å²) in [6.45, 7) is 0.906. The van der Waals surface area contributed by atoms with Gasteiger partial charge in [-0.25, -0.2) is 4.98 Å². The highest BCUT2D eigenvalue weighted by molar-refractivity contribution is 5.02. The molecule has 1 aliphatic carbocycles.